The first-order chi connectivity index (χ1) is 9.29. The van der Waals surface area contributed by atoms with Gasteiger partial charge >= 0.3 is 6.18 Å². The third-order valence-corrected chi connectivity index (χ3v) is 3.74. The van der Waals surface area contributed by atoms with E-state index in [9.17, 15) is 18.3 Å². The summed E-state index contributed by atoms with van der Waals surface area (Å²) in [5, 5.41) is 10.6. The molecule has 0 fully saturated rings. The quantitative estimate of drug-likeness (QED) is 0.775. The van der Waals surface area contributed by atoms with Crippen LogP contribution in [0.25, 0.3) is 0 Å². The molecule has 0 radical (unpaired) electrons. The zero-order valence-electron chi connectivity index (χ0n) is 9.96. The standard InChI is InChI=1S/C14H9BrClF3O/c15-12-5-4-10(16)7-11(12)13(20)8-2-1-3-9(6-8)14(17,18)19/h1-7,13,20H. The SMILES string of the molecule is OC(c1cccc(C(F)(F)F)c1)c1cc(Cl)ccc1Br. The van der Waals surface area contributed by atoms with Gasteiger partial charge in [0.05, 0.1) is 5.56 Å². The molecule has 0 heterocycles. The van der Waals surface area contributed by atoms with Crippen LogP contribution in [0.4, 0.5) is 13.2 Å². The van der Waals surface area contributed by atoms with Crippen molar-refractivity contribution in [3.8, 4) is 0 Å². The molecule has 1 nitrogen and oxygen atoms in total. The van der Waals surface area contributed by atoms with E-state index in [0.29, 0.717) is 15.1 Å². The molecular formula is C14H9BrClF3O. The van der Waals surface area contributed by atoms with E-state index in [-0.39, 0.29) is 5.56 Å². The van der Waals surface area contributed by atoms with Gasteiger partial charge in [-0.05, 0) is 35.9 Å². The fraction of sp³-hybridized carbons (Fsp3) is 0.143. The molecule has 0 amide bonds. The highest BCUT2D eigenvalue weighted by Crippen LogP contribution is 2.34. The third-order valence-electron chi connectivity index (χ3n) is 2.78. The minimum absolute atomic E-state index is 0.155. The van der Waals surface area contributed by atoms with E-state index >= 15 is 0 Å². The second-order valence-corrected chi connectivity index (χ2v) is 5.48. The molecule has 0 aliphatic carbocycles. The van der Waals surface area contributed by atoms with Crippen LogP contribution in [-0.4, -0.2) is 5.11 Å². The van der Waals surface area contributed by atoms with Crippen LogP contribution in [0.3, 0.4) is 0 Å². The van der Waals surface area contributed by atoms with Crippen LogP contribution >= 0.6 is 27.5 Å². The number of aliphatic hydroxyl groups excluding tert-OH is 1. The van der Waals surface area contributed by atoms with E-state index < -0.39 is 17.8 Å². The minimum Gasteiger partial charge on any atom is -0.384 e. The Labute approximate surface area is 127 Å². The van der Waals surface area contributed by atoms with Gasteiger partial charge in [0.2, 0.25) is 0 Å². The lowest BCUT2D eigenvalue weighted by Gasteiger charge is -2.15. The summed E-state index contributed by atoms with van der Waals surface area (Å²) in [4.78, 5) is 0. The van der Waals surface area contributed by atoms with Crippen LogP contribution in [0.2, 0.25) is 5.02 Å². The van der Waals surface area contributed by atoms with Crippen LogP contribution in [0.1, 0.15) is 22.8 Å². The van der Waals surface area contributed by atoms with Crippen LogP contribution in [-0.2, 0) is 6.18 Å². The van der Waals surface area contributed by atoms with Crippen molar-refractivity contribution in [2.45, 2.75) is 12.3 Å². The van der Waals surface area contributed by atoms with Gasteiger partial charge in [0.1, 0.15) is 6.10 Å². The third kappa shape index (κ3) is 3.34. The Morgan fingerprint density at radius 2 is 1.80 bits per heavy atom. The van der Waals surface area contributed by atoms with E-state index in [4.69, 9.17) is 11.6 Å². The Morgan fingerprint density at radius 3 is 2.45 bits per heavy atom. The Balaban J connectivity index is 2.43. The molecule has 0 aliphatic heterocycles. The van der Waals surface area contributed by atoms with Crippen LogP contribution in [0.15, 0.2) is 46.9 Å². The van der Waals surface area contributed by atoms with E-state index in [2.05, 4.69) is 15.9 Å². The van der Waals surface area contributed by atoms with E-state index in [1.54, 1.807) is 12.1 Å². The molecule has 1 N–H and O–H groups in total. The summed E-state index contributed by atoms with van der Waals surface area (Å²) < 4.78 is 38.6. The number of hydrogen-bond donors (Lipinski definition) is 1. The molecule has 0 bridgehead atoms. The fourth-order valence-electron chi connectivity index (χ4n) is 1.79. The molecule has 6 heteroatoms. The lowest BCUT2D eigenvalue weighted by Crippen LogP contribution is -2.07. The molecule has 2 aromatic rings. The highest BCUT2D eigenvalue weighted by molar-refractivity contribution is 9.10. The van der Waals surface area contributed by atoms with E-state index in [1.165, 1.54) is 18.2 Å². The molecule has 1 atom stereocenters. The first-order valence-corrected chi connectivity index (χ1v) is 6.76. The summed E-state index contributed by atoms with van der Waals surface area (Å²) in [7, 11) is 0. The first kappa shape index (κ1) is 15.4. The number of hydrogen-bond acceptors (Lipinski definition) is 1. The molecule has 20 heavy (non-hydrogen) atoms. The van der Waals surface area contributed by atoms with Gasteiger partial charge in [-0.1, -0.05) is 39.7 Å². The number of alkyl halides is 3. The van der Waals surface area contributed by atoms with Crippen LogP contribution in [0.5, 0.6) is 0 Å². The lowest BCUT2D eigenvalue weighted by molar-refractivity contribution is -0.137. The molecular weight excluding hydrogens is 357 g/mol. The molecule has 106 valence electrons. The van der Waals surface area contributed by atoms with E-state index in [0.717, 1.165) is 12.1 Å². The van der Waals surface area contributed by atoms with Crippen molar-refractivity contribution in [3.63, 3.8) is 0 Å². The largest absolute Gasteiger partial charge is 0.416 e. The molecule has 0 aromatic heterocycles. The molecule has 0 spiro atoms. The number of aliphatic hydroxyl groups is 1. The van der Waals surface area contributed by atoms with Crippen molar-refractivity contribution in [2.24, 2.45) is 0 Å². The van der Waals surface area contributed by atoms with Crippen molar-refractivity contribution >= 4 is 27.5 Å². The maximum absolute atomic E-state index is 12.7. The molecule has 2 rings (SSSR count). The Bertz CT molecular complexity index is 628. The Hall–Kier alpha value is -1.04. The van der Waals surface area contributed by atoms with Gasteiger partial charge < -0.3 is 5.11 Å². The highest BCUT2D eigenvalue weighted by atomic mass is 79.9. The van der Waals surface area contributed by atoms with Crippen molar-refractivity contribution in [3.05, 3.63) is 68.7 Å². The van der Waals surface area contributed by atoms with Crippen molar-refractivity contribution in [2.75, 3.05) is 0 Å². The number of benzene rings is 2. The van der Waals surface area contributed by atoms with Gasteiger partial charge in [-0.2, -0.15) is 13.2 Å². The Morgan fingerprint density at radius 1 is 1.10 bits per heavy atom. The zero-order valence-corrected chi connectivity index (χ0v) is 12.3. The summed E-state index contributed by atoms with van der Waals surface area (Å²) >= 11 is 9.09. The predicted molar refractivity (Wildman–Crippen MR) is 74.7 cm³/mol. The maximum atomic E-state index is 12.7. The van der Waals surface area contributed by atoms with Gasteiger partial charge in [0.25, 0.3) is 0 Å². The van der Waals surface area contributed by atoms with Crippen molar-refractivity contribution in [1.29, 1.82) is 0 Å². The van der Waals surface area contributed by atoms with Crippen LogP contribution in [0, 0.1) is 0 Å². The zero-order chi connectivity index (χ0) is 14.9. The van der Waals surface area contributed by atoms with Gasteiger partial charge in [0, 0.05) is 15.1 Å². The van der Waals surface area contributed by atoms with Gasteiger partial charge in [0.15, 0.2) is 0 Å². The monoisotopic (exact) mass is 364 g/mol. The second kappa shape index (κ2) is 5.76. The molecule has 2 aromatic carbocycles. The summed E-state index contributed by atoms with van der Waals surface area (Å²) in [5.41, 5.74) is -0.230. The number of rotatable bonds is 2. The summed E-state index contributed by atoms with van der Waals surface area (Å²) in [5.74, 6) is 0. The topological polar surface area (TPSA) is 20.2 Å². The highest BCUT2D eigenvalue weighted by Gasteiger charge is 2.31. The van der Waals surface area contributed by atoms with Gasteiger partial charge in [-0.3, -0.25) is 0 Å². The maximum Gasteiger partial charge on any atom is 0.416 e. The molecule has 0 saturated heterocycles. The lowest BCUT2D eigenvalue weighted by atomic mass is 9.99. The number of halogens is 5. The summed E-state index contributed by atoms with van der Waals surface area (Å²) in [6.45, 7) is 0. The average Bonchev–Trinajstić information content (AvgIpc) is 2.40. The predicted octanol–water partition coefficient (Wildman–Crippen LogP) is 5.20. The normalized spacial score (nSPS) is 13.3. The van der Waals surface area contributed by atoms with Crippen LogP contribution < -0.4 is 0 Å². The van der Waals surface area contributed by atoms with Gasteiger partial charge in [-0.15, -0.1) is 0 Å². The van der Waals surface area contributed by atoms with Gasteiger partial charge in [-0.25, -0.2) is 0 Å². The molecule has 1 unspecified atom stereocenters. The molecule has 0 saturated carbocycles. The average molecular weight is 366 g/mol. The summed E-state index contributed by atoms with van der Waals surface area (Å²) in [6, 6.07) is 9.35. The summed E-state index contributed by atoms with van der Waals surface area (Å²) in [6.07, 6.45) is -5.63. The Kier molecular flexibility index (Phi) is 4.42. The smallest absolute Gasteiger partial charge is 0.384 e. The minimum atomic E-state index is -4.44. The van der Waals surface area contributed by atoms with Crippen molar-refractivity contribution < 1.29 is 18.3 Å². The first-order valence-electron chi connectivity index (χ1n) is 5.59. The fourth-order valence-corrected chi connectivity index (χ4v) is 2.43. The molecule has 0 aliphatic rings. The van der Waals surface area contributed by atoms with Crippen molar-refractivity contribution in [1.82, 2.24) is 0 Å². The van der Waals surface area contributed by atoms with E-state index in [1.807, 2.05) is 0 Å². The second-order valence-electron chi connectivity index (χ2n) is 4.19.